The normalized spacial score (nSPS) is 18.2. The second-order valence-electron chi connectivity index (χ2n) is 8.52. The summed E-state index contributed by atoms with van der Waals surface area (Å²) < 4.78 is 12.0. The standard InChI is InChI=1S/C25H24N2O3/c1-16-14-18-15-17(6-7-22(18)30-16)24(28)27-11-9-25(10-12-27)23-20(8-13-29-25)19-4-2-3-5-21(19)26-23/h2-7,14-15,26H,8-13H2,1H3. The molecule has 0 bridgehead atoms. The second kappa shape index (κ2) is 6.47. The molecule has 6 rings (SSSR count). The zero-order chi connectivity index (χ0) is 20.3. The van der Waals surface area contributed by atoms with Crippen molar-refractivity contribution in [3.05, 3.63) is 71.1 Å². The van der Waals surface area contributed by atoms with E-state index in [1.807, 2.05) is 36.1 Å². The number of benzene rings is 2. The minimum atomic E-state index is -0.311. The lowest BCUT2D eigenvalue weighted by Gasteiger charge is -2.43. The molecule has 1 saturated heterocycles. The van der Waals surface area contributed by atoms with E-state index in [0.29, 0.717) is 13.1 Å². The Labute approximate surface area is 174 Å². The van der Waals surface area contributed by atoms with Gasteiger partial charge in [-0.2, -0.15) is 0 Å². The summed E-state index contributed by atoms with van der Waals surface area (Å²) in [7, 11) is 0. The molecule has 5 nitrogen and oxygen atoms in total. The van der Waals surface area contributed by atoms with Gasteiger partial charge < -0.3 is 19.0 Å². The van der Waals surface area contributed by atoms with Crippen LogP contribution in [0.2, 0.25) is 0 Å². The van der Waals surface area contributed by atoms with Crippen LogP contribution < -0.4 is 0 Å². The Kier molecular flexibility index (Phi) is 3.84. The van der Waals surface area contributed by atoms with Crippen LogP contribution in [0.3, 0.4) is 0 Å². The summed E-state index contributed by atoms with van der Waals surface area (Å²) in [6.45, 7) is 4.04. The van der Waals surface area contributed by atoms with Gasteiger partial charge in [0.25, 0.3) is 5.91 Å². The van der Waals surface area contributed by atoms with Crippen LogP contribution >= 0.6 is 0 Å². The summed E-state index contributed by atoms with van der Waals surface area (Å²) in [5.41, 5.74) is 5.01. The van der Waals surface area contributed by atoms with E-state index in [-0.39, 0.29) is 11.5 Å². The number of aromatic nitrogens is 1. The monoisotopic (exact) mass is 400 g/mol. The van der Waals surface area contributed by atoms with Crippen molar-refractivity contribution in [3.8, 4) is 0 Å². The molecule has 2 aliphatic rings. The zero-order valence-electron chi connectivity index (χ0n) is 17.0. The van der Waals surface area contributed by atoms with Crippen LogP contribution in [-0.4, -0.2) is 35.5 Å². The number of H-pyrrole nitrogens is 1. The number of carbonyl (C=O) groups excluding carboxylic acids is 1. The maximum atomic E-state index is 13.2. The number of carbonyl (C=O) groups is 1. The highest BCUT2D eigenvalue weighted by molar-refractivity contribution is 5.98. The van der Waals surface area contributed by atoms with Gasteiger partial charge in [0.05, 0.1) is 12.3 Å². The molecule has 0 atom stereocenters. The molecule has 2 aliphatic heterocycles. The summed E-state index contributed by atoms with van der Waals surface area (Å²) in [6, 6.07) is 16.2. The van der Waals surface area contributed by atoms with Gasteiger partial charge >= 0.3 is 0 Å². The number of amides is 1. The molecule has 5 heteroatoms. The smallest absolute Gasteiger partial charge is 0.253 e. The molecular weight excluding hydrogens is 376 g/mol. The third kappa shape index (κ3) is 2.62. The van der Waals surface area contributed by atoms with Gasteiger partial charge in [0.2, 0.25) is 0 Å². The van der Waals surface area contributed by atoms with Gasteiger partial charge in [-0.15, -0.1) is 0 Å². The lowest BCUT2D eigenvalue weighted by atomic mass is 9.83. The minimum absolute atomic E-state index is 0.0817. The zero-order valence-corrected chi connectivity index (χ0v) is 17.0. The lowest BCUT2D eigenvalue weighted by Crippen LogP contribution is -2.48. The molecule has 1 N–H and O–H groups in total. The van der Waals surface area contributed by atoms with Crippen LogP contribution in [0.25, 0.3) is 21.9 Å². The van der Waals surface area contributed by atoms with E-state index >= 15 is 0 Å². The first kappa shape index (κ1) is 17.8. The predicted octanol–water partition coefficient (Wildman–Crippen LogP) is 4.93. The Morgan fingerprint density at radius 3 is 2.80 bits per heavy atom. The predicted molar refractivity (Wildman–Crippen MR) is 116 cm³/mol. The van der Waals surface area contributed by atoms with Crippen LogP contribution in [0.5, 0.6) is 0 Å². The van der Waals surface area contributed by atoms with E-state index < -0.39 is 0 Å². The number of nitrogens with one attached hydrogen (secondary N) is 1. The van der Waals surface area contributed by atoms with Gasteiger partial charge in [0.1, 0.15) is 16.9 Å². The molecule has 2 aromatic heterocycles. The summed E-state index contributed by atoms with van der Waals surface area (Å²) in [5, 5.41) is 2.28. The lowest BCUT2D eigenvalue weighted by molar-refractivity contribution is -0.0957. The Balaban J connectivity index is 1.26. The molecule has 4 aromatic rings. The van der Waals surface area contributed by atoms with E-state index in [1.54, 1.807) is 0 Å². The molecule has 1 amide bonds. The van der Waals surface area contributed by atoms with Gasteiger partial charge in [-0.25, -0.2) is 0 Å². The molecule has 2 aromatic carbocycles. The Bertz CT molecular complexity index is 1270. The molecule has 1 fully saturated rings. The van der Waals surface area contributed by atoms with Gasteiger partial charge in [0, 0.05) is 34.9 Å². The van der Waals surface area contributed by atoms with Gasteiger partial charge in [-0.05, 0) is 62.1 Å². The average Bonchev–Trinajstić information content (AvgIpc) is 3.34. The first-order valence-electron chi connectivity index (χ1n) is 10.7. The van der Waals surface area contributed by atoms with Crippen molar-refractivity contribution in [2.45, 2.75) is 31.8 Å². The fourth-order valence-electron chi connectivity index (χ4n) is 5.23. The maximum Gasteiger partial charge on any atom is 0.253 e. The van der Waals surface area contributed by atoms with E-state index in [4.69, 9.17) is 9.15 Å². The van der Waals surface area contributed by atoms with Crippen LogP contribution in [-0.2, 0) is 16.8 Å². The SMILES string of the molecule is Cc1cc2cc(C(=O)N3CCC4(CC3)OCCc3c4[nH]c4ccccc34)ccc2o1. The Morgan fingerprint density at radius 2 is 1.93 bits per heavy atom. The molecule has 30 heavy (non-hydrogen) atoms. The topological polar surface area (TPSA) is 58.5 Å². The number of aromatic amines is 1. The van der Waals surface area contributed by atoms with Crippen LogP contribution in [0, 0.1) is 6.92 Å². The maximum absolute atomic E-state index is 13.2. The van der Waals surface area contributed by atoms with Crippen molar-refractivity contribution in [1.82, 2.24) is 9.88 Å². The fourth-order valence-corrected chi connectivity index (χ4v) is 5.23. The Morgan fingerprint density at radius 1 is 1.10 bits per heavy atom. The molecule has 152 valence electrons. The van der Waals surface area contributed by atoms with Crippen molar-refractivity contribution in [3.63, 3.8) is 0 Å². The summed E-state index contributed by atoms with van der Waals surface area (Å²) in [6.07, 6.45) is 2.56. The number of piperidine rings is 1. The summed E-state index contributed by atoms with van der Waals surface area (Å²) >= 11 is 0. The molecular formula is C25H24N2O3. The number of furan rings is 1. The van der Waals surface area contributed by atoms with Crippen LogP contribution in [0.1, 0.15) is 40.2 Å². The third-order valence-corrected chi connectivity index (χ3v) is 6.74. The number of nitrogens with zero attached hydrogens (tertiary/aromatic N) is 1. The second-order valence-corrected chi connectivity index (χ2v) is 8.52. The van der Waals surface area contributed by atoms with Crippen molar-refractivity contribution in [1.29, 1.82) is 0 Å². The number of ether oxygens (including phenoxy) is 1. The quantitative estimate of drug-likeness (QED) is 0.493. The van der Waals surface area contributed by atoms with Crippen LogP contribution in [0.15, 0.2) is 52.9 Å². The summed E-state index contributed by atoms with van der Waals surface area (Å²) in [4.78, 5) is 18.7. The third-order valence-electron chi connectivity index (χ3n) is 6.74. The van der Waals surface area contributed by atoms with Crippen molar-refractivity contribution in [2.24, 2.45) is 0 Å². The van der Waals surface area contributed by atoms with Gasteiger partial charge in [-0.3, -0.25) is 4.79 Å². The number of likely N-dealkylation sites (tertiary alicyclic amines) is 1. The first-order chi connectivity index (χ1) is 14.6. The largest absolute Gasteiger partial charge is 0.461 e. The molecule has 0 saturated carbocycles. The number of hydrogen-bond donors (Lipinski definition) is 1. The Hall–Kier alpha value is -3.05. The molecule has 0 radical (unpaired) electrons. The number of rotatable bonds is 1. The number of para-hydroxylation sites is 1. The highest BCUT2D eigenvalue weighted by atomic mass is 16.5. The van der Waals surface area contributed by atoms with E-state index in [9.17, 15) is 4.79 Å². The number of fused-ring (bicyclic) bond motifs is 5. The average molecular weight is 400 g/mol. The van der Waals surface area contributed by atoms with Crippen molar-refractivity contribution in [2.75, 3.05) is 19.7 Å². The van der Waals surface area contributed by atoms with Crippen LogP contribution in [0.4, 0.5) is 0 Å². The van der Waals surface area contributed by atoms with Crippen molar-refractivity contribution >= 4 is 27.8 Å². The number of hydrogen-bond acceptors (Lipinski definition) is 3. The van der Waals surface area contributed by atoms with Crippen molar-refractivity contribution < 1.29 is 13.9 Å². The van der Waals surface area contributed by atoms with E-state index in [1.165, 1.54) is 22.2 Å². The minimum Gasteiger partial charge on any atom is -0.461 e. The molecule has 0 aliphatic carbocycles. The highest BCUT2D eigenvalue weighted by Crippen LogP contribution is 2.43. The fraction of sp³-hybridized carbons (Fsp3) is 0.320. The highest BCUT2D eigenvalue weighted by Gasteiger charge is 2.43. The summed E-state index contributed by atoms with van der Waals surface area (Å²) in [5.74, 6) is 0.941. The van der Waals surface area contributed by atoms with Gasteiger partial charge in [0.15, 0.2) is 0 Å². The molecule has 4 heterocycles. The van der Waals surface area contributed by atoms with Gasteiger partial charge in [-0.1, -0.05) is 18.2 Å². The molecule has 0 unspecified atom stereocenters. The number of aryl methyl sites for hydroxylation is 1. The van der Waals surface area contributed by atoms with E-state index in [0.717, 1.165) is 48.2 Å². The van der Waals surface area contributed by atoms with E-state index in [2.05, 4.69) is 29.2 Å². The molecule has 1 spiro atoms. The first-order valence-corrected chi connectivity index (χ1v) is 10.7.